The maximum atomic E-state index is 13.4. The van der Waals surface area contributed by atoms with Crippen LogP contribution in [0.4, 0.5) is 10.2 Å². The van der Waals surface area contributed by atoms with E-state index in [9.17, 15) is 14.0 Å². The van der Waals surface area contributed by atoms with Crippen LogP contribution in [0.15, 0.2) is 57.9 Å². The van der Waals surface area contributed by atoms with Crippen molar-refractivity contribution < 1.29 is 13.6 Å². The molecule has 0 aliphatic carbocycles. The summed E-state index contributed by atoms with van der Waals surface area (Å²) < 4.78 is 18.6. The predicted octanol–water partition coefficient (Wildman–Crippen LogP) is 2.29. The van der Waals surface area contributed by atoms with Crippen molar-refractivity contribution in [3.63, 3.8) is 0 Å². The number of nitrogens with zero attached hydrogens (tertiary/aromatic N) is 3. The van der Waals surface area contributed by atoms with Crippen LogP contribution in [0, 0.1) is 5.82 Å². The van der Waals surface area contributed by atoms with Crippen molar-refractivity contribution in [3.8, 4) is 0 Å². The molecule has 0 atom stereocenters. The van der Waals surface area contributed by atoms with E-state index in [1.165, 1.54) is 24.3 Å². The number of carbonyl (C=O) groups excluding carboxylic acids is 1. The molecule has 3 heterocycles. The van der Waals surface area contributed by atoms with Crippen molar-refractivity contribution in [1.29, 1.82) is 0 Å². The van der Waals surface area contributed by atoms with Gasteiger partial charge in [0, 0.05) is 32.4 Å². The Morgan fingerprint density at radius 3 is 2.62 bits per heavy atom. The minimum absolute atomic E-state index is 0.0700. The third kappa shape index (κ3) is 3.03. The normalized spacial score (nSPS) is 14.7. The van der Waals surface area contributed by atoms with Gasteiger partial charge in [-0.05, 0) is 41.8 Å². The van der Waals surface area contributed by atoms with E-state index in [4.69, 9.17) is 4.42 Å². The fraction of sp³-hybridized carbons (Fsp3) is 0.211. The van der Waals surface area contributed by atoms with Gasteiger partial charge in [-0.15, -0.1) is 0 Å². The molecule has 0 spiro atoms. The summed E-state index contributed by atoms with van der Waals surface area (Å²) in [7, 11) is 0. The Kier molecular flexibility index (Phi) is 4.12. The fourth-order valence-corrected chi connectivity index (χ4v) is 3.11. The van der Waals surface area contributed by atoms with Crippen molar-refractivity contribution in [2.45, 2.75) is 0 Å². The zero-order chi connectivity index (χ0) is 18.1. The SMILES string of the molecule is O=C(c1cc2cc(F)ccc2c(=O)o1)N1CCN(c2ccccn2)CC1. The molecule has 1 aliphatic rings. The number of hydrogen-bond donors (Lipinski definition) is 0. The summed E-state index contributed by atoms with van der Waals surface area (Å²) in [5.41, 5.74) is -0.641. The lowest BCUT2D eigenvalue weighted by molar-refractivity contribution is 0.0710. The quantitative estimate of drug-likeness (QED) is 0.707. The van der Waals surface area contributed by atoms with Crippen molar-refractivity contribution >= 4 is 22.5 Å². The van der Waals surface area contributed by atoms with E-state index in [1.54, 1.807) is 11.1 Å². The van der Waals surface area contributed by atoms with E-state index in [-0.39, 0.29) is 17.1 Å². The van der Waals surface area contributed by atoms with Crippen LogP contribution >= 0.6 is 0 Å². The van der Waals surface area contributed by atoms with E-state index in [0.29, 0.717) is 31.6 Å². The summed E-state index contributed by atoms with van der Waals surface area (Å²) in [4.78, 5) is 32.8. The van der Waals surface area contributed by atoms with Crippen LogP contribution in [-0.2, 0) is 0 Å². The second-order valence-corrected chi connectivity index (χ2v) is 6.10. The Morgan fingerprint density at radius 2 is 1.88 bits per heavy atom. The molecule has 1 aromatic carbocycles. The smallest absolute Gasteiger partial charge is 0.344 e. The molecule has 0 radical (unpaired) electrons. The monoisotopic (exact) mass is 353 g/mol. The molecule has 132 valence electrons. The van der Waals surface area contributed by atoms with Crippen molar-refractivity contribution in [2.24, 2.45) is 0 Å². The van der Waals surface area contributed by atoms with Gasteiger partial charge in [-0.1, -0.05) is 6.07 Å². The molecular formula is C19H16FN3O3. The summed E-state index contributed by atoms with van der Waals surface area (Å²) in [5, 5.41) is 0.611. The molecule has 1 saturated heterocycles. The molecule has 0 saturated carbocycles. The highest BCUT2D eigenvalue weighted by Crippen LogP contribution is 2.17. The number of piperazine rings is 1. The topological polar surface area (TPSA) is 66.7 Å². The number of benzene rings is 1. The van der Waals surface area contributed by atoms with E-state index in [2.05, 4.69) is 9.88 Å². The summed E-state index contributed by atoms with van der Waals surface area (Å²) >= 11 is 0. The van der Waals surface area contributed by atoms with Gasteiger partial charge in [0.25, 0.3) is 5.91 Å². The zero-order valence-corrected chi connectivity index (χ0v) is 13.9. The number of anilines is 1. The van der Waals surface area contributed by atoms with E-state index in [0.717, 1.165) is 5.82 Å². The summed E-state index contributed by atoms with van der Waals surface area (Å²) in [6.45, 7) is 2.24. The van der Waals surface area contributed by atoms with Gasteiger partial charge >= 0.3 is 5.63 Å². The van der Waals surface area contributed by atoms with Crippen molar-refractivity contribution in [3.05, 3.63) is 70.7 Å². The third-order valence-electron chi connectivity index (χ3n) is 4.47. The Bertz CT molecular complexity index is 1010. The van der Waals surface area contributed by atoms with Gasteiger partial charge in [0.05, 0.1) is 5.39 Å². The second kappa shape index (κ2) is 6.59. The minimum Gasteiger partial charge on any atom is -0.417 e. The van der Waals surface area contributed by atoms with E-state index < -0.39 is 11.4 Å². The van der Waals surface area contributed by atoms with Crippen LogP contribution in [0.3, 0.4) is 0 Å². The standard InChI is InChI=1S/C19H16FN3O3/c20-14-4-5-15-13(11-14)12-16(26-19(15)25)18(24)23-9-7-22(8-10-23)17-3-1-2-6-21-17/h1-6,11-12H,7-10H2. The van der Waals surface area contributed by atoms with Gasteiger partial charge in [-0.25, -0.2) is 14.2 Å². The minimum atomic E-state index is -0.641. The number of halogens is 1. The highest BCUT2D eigenvalue weighted by atomic mass is 19.1. The second-order valence-electron chi connectivity index (χ2n) is 6.10. The summed E-state index contributed by atoms with van der Waals surface area (Å²) in [6, 6.07) is 10.9. The van der Waals surface area contributed by atoms with Crippen LogP contribution in [0.5, 0.6) is 0 Å². The molecule has 1 amide bonds. The average molecular weight is 353 g/mol. The van der Waals surface area contributed by atoms with Gasteiger partial charge < -0.3 is 14.2 Å². The Hall–Kier alpha value is -3.22. The molecule has 0 bridgehead atoms. The molecule has 0 unspecified atom stereocenters. The average Bonchev–Trinajstić information content (AvgIpc) is 2.68. The lowest BCUT2D eigenvalue weighted by atomic mass is 10.1. The molecule has 1 aliphatic heterocycles. The molecule has 4 rings (SSSR count). The fourth-order valence-electron chi connectivity index (χ4n) is 3.11. The number of hydrogen-bond acceptors (Lipinski definition) is 5. The largest absolute Gasteiger partial charge is 0.417 e. The van der Waals surface area contributed by atoms with Crippen LogP contribution in [0.1, 0.15) is 10.6 Å². The number of amides is 1. The van der Waals surface area contributed by atoms with Crippen LogP contribution in [0.25, 0.3) is 10.8 Å². The van der Waals surface area contributed by atoms with E-state index in [1.807, 2.05) is 18.2 Å². The van der Waals surface area contributed by atoms with Crippen molar-refractivity contribution in [2.75, 3.05) is 31.1 Å². The van der Waals surface area contributed by atoms with Crippen molar-refractivity contribution in [1.82, 2.24) is 9.88 Å². The van der Waals surface area contributed by atoms with Gasteiger partial charge in [0.1, 0.15) is 11.6 Å². The molecule has 1 fully saturated rings. The summed E-state index contributed by atoms with van der Waals surface area (Å²) in [6.07, 6.45) is 1.73. The lowest BCUT2D eigenvalue weighted by Gasteiger charge is -2.35. The first kappa shape index (κ1) is 16.3. The first-order chi connectivity index (χ1) is 12.6. The Morgan fingerprint density at radius 1 is 1.08 bits per heavy atom. The van der Waals surface area contributed by atoms with Crippen LogP contribution < -0.4 is 10.5 Å². The highest BCUT2D eigenvalue weighted by Gasteiger charge is 2.25. The van der Waals surface area contributed by atoms with Gasteiger partial charge in [0.15, 0.2) is 5.76 Å². The number of carbonyl (C=O) groups is 1. The molecule has 7 heteroatoms. The number of fused-ring (bicyclic) bond motifs is 1. The first-order valence-corrected chi connectivity index (χ1v) is 8.30. The zero-order valence-electron chi connectivity index (χ0n) is 13.9. The van der Waals surface area contributed by atoms with E-state index >= 15 is 0 Å². The lowest BCUT2D eigenvalue weighted by Crippen LogP contribution is -2.49. The van der Waals surface area contributed by atoms with Crippen LogP contribution in [0.2, 0.25) is 0 Å². The van der Waals surface area contributed by atoms with Gasteiger partial charge in [-0.3, -0.25) is 4.79 Å². The summed E-state index contributed by atoms with van der Waals surface area (Å²) in [5.74, 6) is -0.0360. The maximum absolute atomic E-state index is 13.4. The van der Waals surface area contributed by atoms with Gasteiger partial charge in [0.2, 0.25) is 0 Å². The number of pyridine rings is 1. The highest BCUT2D eigenvalue weighted by molar-refractivity contribution is 5.95. The Labute approximate surface area is 148 Å². The van der Waals surface area contributed by atoms with Crippen LogP contribution in [-0.4, -0.2) is 42.0 Å². The molecule has 3 aromatic rings. The molecule has 2 aromatic heterocycles. The molecular weight excluding hydrogens is 337 g/mol. The Balaban J connectivity index is 1.54. The molecule has 6 nitrogen and oxygen atoms in total. The third-order valence-corrected chi connectivity index (χ3v) is 4.47. The molecule has 0 N–H and O–H groups in total. The molecule has 26 heavy (non-hydrogen) atoms. The number of aromatic nitrogens is 1. The number of rotatable bonds is 2. The first-order valence-electron chi connectivity index (χ1n) is 8.30. The maximum Gasteiger partial charge on any atom is 0.344 e. The predicted molar refractivity (Wildman–Crippen MR) is 94.8 cm³/mol. The van der Waals surface area contributed by atoms with Gasteiger partial charge in [-0.2, -0.15) is 0 Å².